The fourth-order valence-corrected chi connectivity index (χ4v) is 5.26. The Bertz CT molecular complexity index is 1170. The van der Waals surface area contributed by atoms with Gasteiger partial charge in [0.05, 0.1) is 32.8 Å². The van der Waals surface area contributed by atoms with E-state index in [4.69, 9.17) is 5.73 Å². The van der Waals surface area contributed by atoms with Crippen molar-refractivity contribution in [3.05, 3.63) is 41.2 Å². The van der Waals surface area contributed by atoms with E-state index in [-0.39, 0.29) is 10.9 Å². The number of rotatable bonds is 5. The monoisotopic (exact) mass is 431 g/mol. The van der Waals surface area contributed by atoms with Gasteiger partial charge in [0.2, 0.25) is 10.0 Å². The van der Waals surface area contributed by atoms with E-state index in [1.165, 1.54) is 11.3 Å². The number of sulfonamides is 1. The fourth-order valence-electron chi connectivity index (χ4n) is 3.20. The van der Waals surface area contributed by atoms with Crippen LogP contribution in [0.4, 0.5) is 5.82 Å². The summed E-state index contributed by atoms with van der Waals surface area (Å²) >= 11 is 1.47. The van der Waals surface area contributed by atoms with Gasteiger partial charge in [-0.15, -0.1) is 11.3 Å². The van der Waals surface area contributed by atoms with Crippen molar-refractivity contribution in [1.82, 2.24) is 19.7 Å². The van der Waals surface area contributed by atoms with Crippen LogP contribution in [0.2, 0.25) is 0 Å². The summed E-state index contributed by atoms with van der Waals surface area (Å²) in [6, 6.07) is 4.66. The molecular weight excluding hydrogens is 410 g/mol. The standard InChI is InChI=1S/C19H21N5O3S2/c1-10-3-4-14(29(26,27)24-12-5-13(25)6-12)7-15(10)16-8-22-19(20)18(23-16)17-9-21-11(2)28-17/h3-4,7-9,12-13,24-25H,5-6H2,1-2H3,(H2,20,22)/t12-,13+. The molecule has 0 saturated heterocycles. The highest BCUT2D eigenvalue weighted by Gasteiger charge is 2.31. The molecule has 1 aromatic carbocycles. The summed E-state index contributed by atoms with van der Waals surface area (Å²) in [5, 5.41) is 10.3. The van der Waals surface area contributed by atoms with Crippen LogP contribution in [0.5, 0.6) is 0 Å². The zero-order valence-corrected chi connectivity index (χ0v) is 17.6. The quantitative estimate of drug-likeness (QED) is 0.565. The van der Waals surface area contributed by atoms with Gasteiger partial charge in [-0.05, 0) is 44.4 Å². The van der Waals surface area contributed by atoms with E-state index in [2.05, 4.69) is 19.7 Å². The lowest BCUT2D eigenvalue weighted by Crippen LogP contribution is -2.46. The number of nitrogen functional groups attached to an aromatic ring is 1. The van der Waals surface area contributed by atoms with Gasteiger partial charge >= 0.3 is 0 Å². The molecule has 152 valence electrons. The Balaban J connectivity index is 1.71. The average Bonchev–Trinajstić information content (AvgIpc) is 3.07. The van der Waals surface area contributed by atoms with Crippen molar-refractivity contribution in [3.63, 3.8) is 0 Å². The molecule has 0 unspecified atom stereocenters. The highest BCUT2D eigenvalue weighted by Crippen LogP contribution is 2.32. The molecule has 3 aromatic rings. The van der Waals surface area contributed by atoms with Crippen LogP contribution in [0.25, 0.3) is 21.8 Å². The first-order chi connectivity index (χ1) is 13.7. The number of aromatic nitrogens is 3. The van der Waals surface area contributed by atoms with E-state index >= 15 is 0 Å². The van der Waals surface area contributed by atoms with Gasteiger partial charge in [0.15, 0.2) is 5.82 Å². The molecule has 2 aromatic heterocycles. The number of aliphatic hydroxyl groups excluding tert-OH is 1. The Labute approximate surface area is 172 Å². The van der Waals surface area contributed by atoms with E-state index in [1.54, 1.807) is 30.6 Å². The van der Waals surface area contributed by atoms with Crippen LogP contribution in [0.1, 0.15) is 23.4 Å². The molecule has 0 atom stereocenters. The lowest BCUT2D eigenvalue weighted by atomic mass is 9.91. The Morgan fingerprint density at radius 3 is 2.62 bits per heavy atom. The summed E-state index contributed by atoms with van der Waals surface area (Å²) in [4.78, 5) is 14.1. The van der Waals surface area contributed by atoms with Crippen LogP contribution < -0.4 is 10.5 Å². The van der Waals surface area contributed by atoms with Gasteiger partial charge in [0.25, 0.3) is 0 Å². The number of nitrogens with zero attached hydrogens (tertiary/aromatic N) is 3. The summed E-state index contributed by atoms with van der Waals surface area (Å²) in [5.41, 5.74) is 8.61. The molecule has 1 aliphatic carbocycles. The number of aryl methyl sites for hydroxylation is 2. The predicted octanol–water partition coefficient (Wildman–Crippen LogP) is 2.27. The summed E-state index contributed by atoms with van der Waals surface area (Å²) in [7, 11) is -3.70. The molecule has 1 fully saturated rings. The highest BCUT2D eigenvalue weighted by atomic mass is 32.2. The normalized spacial score (nSPS) is 19.1. The van der Waals surface area contributed by atoms with Crippen LogP contribution in [-0.2, 0) is 10.0 Å². The molecule has 0 spiro atoms. The van der Waals surface area contributed by atoms with Crippen molar-refractivity contribution < 1.29 is 13.5 Å². The summed E-state index contributed by atoms with van der Waals surface area (Å²) in [5.74, 6) is 0.295. The van der Waals surface area contributed by atoms with Crippen molar-refractivity contribution in [2.75, 3.05) is 5.73 Å². The Morgan fingerprint density at radius 1 is 1.21 bits per heavy atom. The minimum Gasteiger partial charge on any atom is -0.393 e. The topological polar surface area (TPSA) is 131 Å². The van der Waals surface area contributed by atoms with Gasteiger partial charge < -0.3 is 10.8 Å². The van der Waals surface area contributed by atoms with Crippen molar-refractivity contribution >= 4 is 27.2 Å². The Hall–Kier alpha value is -2.40. The minimum atomic E-state index is -3.70. The molecular formula is C19H21N5O3S2. The molecule has 0 radical (unpaired) electrons. The number of hydrogen-bond acceptors (Lipinski definition) is 8. The number of anilines is 1. The number of aliphatic hydroxyl groups is 1. The zero-order chi connectivity index (χ0) is 20.8. The molecule has 4 N–H and O–H groups in total. The highest BCUT2D eigenvalue weighted by molar-refractivity contribution is 7.89. The first-order valence-electron chi connectivity index (χ1n) is 9.09. The van der Waals surface area contributed by atoms with Crippen LogP contribution in [0.3, 0.4) is 0 Å². The SMILES string of the molecule is Cc1ncc(-c2nc(-c3cc(S(=O)(=O)N[C@H]4C[C@@H](O)C4)ccc3C)cnc2N)s1. The number of hydrogen-bond donors (Lipinski definition) is 3. The molecule has 1 saturated carbocycles. The number of benzene rings is 1. The third-order valence-corrected chi connectivity index (χ3v) is 7.32. The second-order valence-corrected chi connectivity index (χ2v) is 10.1. The van der Waals surface area contributed by atoms with Crippen molar-refractivity contribution in [3.8, 4) is 21.8 Å². The van der Waals surface area contributed by atoms with Crippen LogP contribution >= 0.6 is 11.3 Å². The lowest BCUT2D eigenvalue weighted by molar-refractivity contribution is 0.0712. The third-order valence-electron chi connectivity index (χ3n) is 4.89. The summed E-state index contributed by atoms with van der Waals surface area (Å²) in [6.45, 7) is 3.78. The van der Waals surface area contributed by atoms with Crippen molar-refractivity contribution in [2.24, 2.45) is 0 Å². The first-order valence-corrected chi connectivity index (χ1v) is 11.4. The molecule has 0 amide bonds. The number of thiazole rings is 1. The maximum absolute atomic E-state index is 12.7. The molecule has 1 aliphatic rings. The maximum Gasteiger partial charge on any atom is 0.240 e. The van der Waals surface area contributed by atoms with E-state index in [1.807, 2.05) is 13.8 Å². The molecule has 2 heterocycles. The largest absolute Gasteiger partial charge is 0.393 e. The molecule has 29 heavy (non-hydrogen) atoms. The fraction of sp³-hybridized carbons (Fsp3) is 0.316. The average molecular weight is 432 g/mol. The molecule has 4 rings (SSSR count). The Morgan fingerprint density at radius 2 is 1.97 bits per heavy atom. The molecule has 10 heteroatoms. The van der Waals surface area contributed by atoms with E-state index < -0.39 is 16.1 Å². The van der Waals surface area contributed by atoms with E-state index in [0.717, 1.165) is 15.4 Å². The molecule has 0 bridgehead atoms. The summed E-state index contributed by atoms with van der Waals surface area (Å²) < 4.78 is 28.1. The lowest BCUT2D eigenvalue weighted by Gasteiger charge is -2.31. The number of nitrogens with two attached hydrogens (primary N) is 1. The summed E-state index contributed by atoms with van der Waals surface area (Å²) in [6.07, 6.45) is 3.67. The van der Waals surface area contributed by atoms with Crippen molar-refractivity contribution in [1.29, 1.82) is 0 Å². The van der Waals surface area contributed by atoms with E-state index in [9.17, 15) is 13.5 Å². The maximum atomic E-state index is 12.7. The van der Waals surface area contributed by atoms with Gasteiger partial charge in [-0.25, -0.2) is 28.1 Å². The second kappa shape index (κ2) is 7.45. The smallest absolute Gasteiger partial charge is 0.240 e. The number of nitrogens with one attached hydrogen (secondary N) is 1. The zero-order valence-electron chi connectivity index (χ0n) is 16.0. The van der Waals surface area contributed by atoms with Gasteiger partial charge in [0, 0.05) is 17.8 Å². The Kier molecular flexibility index (Phi) is 5.11. The first kappa shape index (κ1) is 19.9. The molecule has 0 aliphatic heterocycles. The van der Waals surface area contributed by atoms with Crippen molar-refractivity contribution in [2.45, 2.75) is 43.7 Å². The molecule has 8 nitrogen and oxygen atoms in total. The predicted molar refractivity (Wildman–Crippen MR) is 112 cm³/mol. The third kappa shape index (κ3) is 4.01. The van der Waals surface area contributed by atoms with Crippen LogP contribution in [0, 0.1) is 13.8 Å². The van der Waals surface area contributed by atoms with E-state index in [0.29, 0.717) is 35.6 Å². The van der Waals surface area contributed by atoms with Crippen LogP contribution in [0.15, 0.2) is 35.5 Å². The van der Waals surface area contributed by atoms with Gasteiger partial charge in [-0.1, -0.05) is 6.07 Å². The van der Waals surface area contributed by atoms with Crippen LogP contribution in [-0.4, -0.2) is 40.6 Å². The van der Waals surface area contributed by atoms with Gasteiger partial charge in [-0.3, -0.25) is 0 Å². The van der Waals surface area contributed by atoms with Gasteiger partial charge in [0.1, 0.15) is 5.69 Å². The second-order valence-electron chi connectivity index (χ2n) is 7.15. The van der Waals surface area contributed by atoms with Gasteiger partial charge in [-0.2, -0.15) is 0 Å². The minimum absolute atomic E-state index is 0.147.